The molecule has 4 amide bonds. The number of likely N-dealkylation sites (tertiary alicyclic amines) is 1. The average Bonchev–Trinajstić information content (AvgIpc) is 3.61. The lowest BCUT2D eigenvalue weighted by molar-refractivity contribution is -0.156. The van der Waals surface area contributed by atoms with E-state index in [2.05, 4.69) is 15.3 Å². The second-order valence-electron chi connectivity index (χ2n) is 21.7. The van der Waals surface area contributed by atoms with E-state index in [0.29, 0.717) is 43.6 Å². The van der Waals surface area contributed by atoms with Gasteiger partial charge in [0.2, 0.25) is 5.91 Å². The number of carbonyl (C=O) groups excluding carboxylic acids is 5. The Hall–Kier alpha value is -5.40. The second-order valence-corrected chi connectivity index (χ2v) is 21.7. The number of fused-ring (bicyclic) bond motifs is 6. The molecule has 1 aromatic carbocycles. The van der Waals surface area contributed by atoms with E-state index >= 15 is 8.78 Å². The Balaban J connectivity index is 1.22. The number of carbonyl (C=O) groups is 5. The van der Waals surface area contributed by atoms with Gasteiger partial charge in [-0.2, -0.15) is 0 Å². The number of pyridine rings is 1. The zero-order chi connectivity index (χ0) is 51.7. The summed E-state index contributed by atoms with van der Waals surface area (Å²) in [6, 6.07) is 3.99. The van der Waals surface area contributed by atoms with Crippen LogP contribution in [-0.2, 0) is 51.1 Å². The molecule has 3 aromatic rings. The molecule has 4 aliphatic heterocycles. The first-order valence-corrected chi connectivity index (χ1v) is 25.1. The van der Waals surface area contributed by atoms with Crippen LogP contribution in [0.5, 0.6) is 0 Å². The van der Waals surface area contributed by atoms with Crippen LogP contribution < -0.4 is 15.6 Å². The summed E-state index contributed by atoms with van der Waals surface area (Å²) in [6.45, 7) is 18.0. The maximum absolute atomic E-state index is 16.9. The largest absolute Gasteiger partial charge is 0.464 e. The zero-order valence-corrected chi connectivity index (χ0v) is 43.4. The summed E-state index contributed by atoms with van der Waals surface area (Å²) in [6.07, 6.45) is 0.761. The van der Waals surface area contributed by atoms with Gasteiger partial charge in [0.1, 0.15) is 29.5 Å². The predicted molar refractivity (Wildman–Crippen MR) is 263 cm³/mol. The lowest BCUT2D eigenvalue weighted by Crippen LogP contribution is -2.63. The monoisotopic (exact) mass is 993 g/mol. The maximum atomic E-state index is 16.9. The minimum absolute atomic E-state index is 0.0352. The van der Waals surface area contributed by atoms with Gasteiger partial charge in [-0.3, -0.25) is 29.2 Å². The summed E-state index contributed by atoms with van der Waals surface area (Å²) in [4.78, 5) is 79.2. The number of halogens is 2. The van der Waals surface area contributed by atoms with Crippen LogP contribution in [0.25, 0.3) is 22.2 Å². The molecular formula is C52H74F2N8O9. The van der Waals surface area contributed by atoms with Crippen molar-refractivity contribution in [2.45, 2.75) is 149 Å². The molecule has 2 aromatic heterocycles. The Kier molecular flexibility index (Phi) is 16.1. The molecule has 71 heavy (non-hydrogen) atoms. The van der Waals surface area contributed by atoms with E-state index in [1.807, 2.05) is 50.8 Å². The number of ether oxygens (including phenoxy) is 4. The van der Waals surface area contributed by atoms with Crippen molar-refractivity contribution in [3.8, 4) is 11.3 Å². The van der Waals surface area contributed by atoms with Crippen LogP contribution >= 0.6 is 0 Å². The number of likely N-dealkylation sites (N-methyl/N-ethyl adjacent to an activating group) is 1. The summed E-state index contributed by atoms with van der Waals surface area (Å²) in [5.41, 5.74) is 3.77. The van der Waals surface area contributed by atoms with Crippen molar-refractivity contribution in [3.63, 3.8) is 0 Å². The van der Waals surface area contributed by atoms with Crippen LogP contribution in [0, 0.1) is 17.2 Å². The third-order valence-electron chi connectivity index (χ3n) is 14.2. The van der Waals surface area contributed by atoms with E-state index in [1.54, 1.807) is 54.0 Å². The summed E-state index contributed by atoms with van der Waals surface area (Å²) >= 11 is 0. The number of aryl methyl sites for hydroxylation is 1. The number of amides is 4. The van der Waals surface area contributed by atoms with Gasteiger partial charge < -0.3 is 43.5 Å². The van der Waals surface area contributed by atoms with Crippen LogP contribution in [0.15, 0.2) is 30.5 Å². The van der Waals surface area contributed by atoms with Gasteiger partial charge in [-0.1, -0.05) is 27.7 Å². The number of nitrogens with one attached hydrogen (secondary N) is 2. The highest BCUT2D eigenvalue weighted by Crippen LogP contribution is 2.43. The Bertz CT molecular complexity index is 2470. The molecule has 6 heterocycles. The topological polar surface area (TPSA) is 177 Å². The Morgan fingerprint density at radius 1 is 1.08 bits per heavy atom. The number of benzene rings is 1. The lowest BCUT2D eigenvalue weighted by Gasteiger charge is -2.41. The van der Waals surface area contributed by atoms with Gasteiger partial charge in [-0.15, -0.1) is 0 Å². The van der Waals surface area contributed by atoms with E-state index in [0.717, 1.165) is 32.8 Å². The summed E-state index contributed by atoms with van der Waals surface area (Å²) < 4.78 is 59.2. The molecule has 0 radical (unpaired) electrons. The number of nitrogens with zero attached hydrogens (tertiary/aromatic N) is 6. The van der Waals surface area contributed by atoms with Crippen molar-refractivity contribution in [1.82, 2.24) is 35.1 Å². The molecule has 5 atom stereocenters. The van der Waals surface area contributed by atoms with E-state index in [9.17, 15) is 24.0 Å². The van der Waals surface area contributed by atoms with Crippen LogP contribution in [0.3, 0.4) is 0 Å². The van der Waals surface area contributed by atoms with Gasteiger partial charge >= 0.3 is 12.1 Å². The SMILES string of the molecule is CCn1c(-c2cccnc2[C@H](C)OC)c2c3cc(c(F)cc31)N1CCO[C@@H](C[C@H](NC(=O)[C@H](C(C)C)N(C)C(=O)C3(F)CCN(C(=O)OC(C)(C)C)CC3)C(=O)N3CCC[C@H](N3)C(=O)OCC(C)(C)C2)C1. The van der Waals surface area contributed by atoms with Crippen LogP contribution in [-0.4, -0.2) is 150 Å². The third-order valence-corrected chi connectivity index (χ3v) is 14.2. The normalized spacial score (nSPS) is 22.9. The summed E-state index contributed by atoms with van der Waals surface area (Å²) in [7, 11) is 3.00. The summed E-state index contributed by atoms with van der Waals surface area (Å²) in [5, 5.41) is 5.07. The minimum atomic E-state index is -2.36. The van der Waals surface area contributed by atoms with Crippen molar-refractivity contribution < 1.29 is 51.7 Å². The molecule has 7 rings (SSSR count). The zero-order valence-electron chi connectivity index (χ0n) is 43.4. The standard InChI is InChI=1S/C52H74F2N8O9/c1-12-61-40-27-37(53)41-26-35(40)36(44(61)34-15-13-19-55-42(34)32(4)68-11)28-51(8,9)30-70-47(65)38-16-14-20-62(57-38)46(64)39(25-33-29-60(41)23-24-69-33)56-45(63)43(31(2)3)58(10)48(66)52(54)17-21-59(22-18-52)49(67)71-50(5,6)7/h13,15,19,26-27,31-33,38-39,43,57H,12,14,16-18,20-25,28-30H2,1-11H3,(H,56,63)/t32-,33-,38-,39-,43-/m0/s1. The molecular weight excluding hydrogens is 919 g/mol. The van der Waals surface area contributed by atoms with Gasteiger partial charge in [0.15, 0.2) is 5.67 Å². The van der Waals surface area contributed by atoms with Gasteiger partial charge in [0.25, 0.3) is 11.8 Å². The highest BCUT2D eigenvalue weighted by molar-refractivity contribution is 5.96. The molecule has 17 nitrogen and oxygen atoms in total. The first-order valence-electron chi connectivity index (χ1n) is 25.1. The van der Waals surface area contributed by atoms with Crippen LogP contribution in [0.2, 0.25) is 0 Å². The molecule has 3 saturated heterocycles. The fourth-order valence-electron chi connectivity index (χ4n) is 10.5. The molecule has 0 spiro atoms. The van der Waals surface area contributed by atoms with E-state index < -0.39 is 82.4 Å². The van der Waals surface area contributed by atoms with E-state index in [-0.39, 0.29) is 64.8 Å². The Labute approximate surface area is 416 Å². The average molecular weight is 993 g/mol. The number of cyclic esters (lactones) is 1. The fraction of sp³-hybridized carbons (Fsp3) is 0.654. The highest BCUT2D eigenvalue weighted by Gasteiger charge is 2.48. The Morgan fingerprint density at radius 3 is 2.46 bits per heavy atom. The van der Waals surface area contributed by atoms with Gasteiger partial charge in [0, 0.05) is 101 Å². The van der Waals surface area contributed by atoms with Crippen molar-refractivity contribution >= 4 is 46.4 Å². The van der Waals surface area contributed by atoms with Crippen LogP contribution in [0.4, 0.5) is 19.3 Å². The molecule has 3 fully saturated rings. The first kappa shape index (κ1) is 53.4. The number of hydrogen-bond acceptors (Lipinski definition) is 12. The van der Waals surface area contributed by atoms with Crippen molar-refractivity contribution in [2.75, 3.05) is 65.0 Å². The smallest absolute Gasteiger partial charge is 0.410 e. The van der Waals surface area contributed by atoms with Gasteiger partial charge in [0.05, 0.1) is 48.0 Å². The predicted octanol–water partition coefficient (Wildman–Crippen LogP) is 6.49. The highest BCUT2D eigenvalue weighted by atomic mass is 19.1. The number of esters is 1. The Morgan fingerprint density at radius 2 is 1.80 bits per heavy atom. The van der Waals surface area contributed by atoms with Gasteiger partial charge in [-0.05, 0) is 83.6 Å². The van der Waals surface area contributed by atoms with Crippen molar-refractivity contribution in [2.24, 2.45) is 11.3 Å². The molecule has 6 bridgehead atoms. The minimum Gasteiger partial charge on any atom is -0.464 e. The van der Waals surface area contributed by atoms with Crippen LogP contribution in [0.1, 0.15) is 112 Å². The molecule has 0 unspecified atom stereocenters. The number of hydrogen-bond donors (Lipinski definition) is 2. The molecule has 0 aliphatic carbocycles. The number of anilines is 1. The number of alkyl halides is 1. The van der Waals surface area contributed by atoms with Gasteiger partial charge in [-0.25, -0.2) is 19.0 Å². The second kappa shape index (κ2) is 21.4. The molecule has 0 saturated carbocycles. The quantitative estimate of drug-likeness (QED) is 0.223. The molecule has 2 N–H and O–H groups in total. The fourth-order valence-corrected chi connectivity index (χ4v) is 10.5. The third kappa shape index (κ3) is 11.6. The summed E-state index contributed by atoms with van der Waals surface area (Å²) in [5.74, 6) is -3.65. The molecule has 19 heteroatoms. The number of aromatic nitrogens is 2. The van der Waals surface area contributed by atoms with E-state index in [4.69, 9.17) is 23.9 Å². The first-order chi connectivity index (χ1) is 33.5. The number of morpholine rings is 1. The lowest BCUT2D eigenvalue weighted by atomic mass is 9.84. The van der Waals surface area contributed by atoms with E-state index in [1.165, 1.54) is 17.0 Å². The van der Waals surface area contributed by atoms with Crippen molar-refractivity contribution in [1.29, 1.82) is 0 Å². The van der Waals surface area contributed by atoms with Crippen molar-refractivity contribution in [3.05, 3.63) is 47.5 Å². The molecule has 390 valence electrons. The number of hydrazine groups is 1. The maximum Gasteiger partial charge on any atom is 0.410 e. The number of rotatable bonds is 9. The number of methoxy groups -OCH3 is 1. The molecule has 4 aliphatic rings. The number of piperidine rings is 1.